The van der Waals surface area contributed by atoms with Gasteiger partial charge in [-0.05, 0) is 37.1 Å². The zero-order chi connectivity index (χ0) is 21.6. The van der Waals surface area contributed by atoms with Crippen molar-refractivity contribution in [2.75, 3.05) is 11.1 Å². The molecule has 1 heterocycles. The first-order valence-corrected chi connectivity index (χ1v) is 11.3. The fourth-order valence-electron chi connectivity index (χ4n) is 3.32. The lowest BCUT2D eigenvalue weighted by molar-refractivity contribution is -0.115. The number of aromatic nitrogens is 2. The number of amides is 1. The molecule has 156 valence electrons. The Morgan fingerprint density at radius 1 is 0.903 bits per heavy atom. The van der Waals surface area contributed by atoms with Gasteiger partial charge in [-0.3, -0.25) is 4.79 Å². The normalized spacial score (nSPS) is 10.8. The first-order valence-electron chi connectivity index (χ1n) is 10.3. The molecule has 4 aromatic rings. The molecule has 0 saturated carbocycles. The third kappa shape index (κ3) is 5.25. The van der Waals surface area contributed by atoms with Crippen LogP contribution in [0.2, 0.25) is 0 Å². The molecule has 0 fully saturated rings. The average Bonchev–Trinajstić information content (AvgIpc) is 3.22. The minimum absolute atomic E-state index is 0.00822. The molecule has 4 rings (SSSR count). The lowest BCUT2D eigenvalue weighted by atomic mass is 10.1. The summed E-state index contributed by atoms with van der Waals surface area (Å²) in [6.45, 7) is 4.11. The molecule has 0 radical (unpaired) electrons. The van der Waals surface area contributed by atoms with E-state index in [1.54, 1.807) is 11.8 Å². The maximum atomic E-state index is 12.4. The van der Waals surface area contributed by atoms with E-state index in [1.807, 2.05) is 61.5 Å². The largest absolute Gasteiger partial charge is 0.332 e. The molecule has 1 aromatic heterocycles. The second-order valence-corrected chi connectivity index (χ2v) is 8.53. The summed E-state index contributed by atoms with van der Waals surface area (Å²) in [6.07, 6.45) is 0.416. The molecule has 0 atom stereocenters. The van der Waals surface area contributed by atoms with E-state index in [4.69, 9.17) is 4.98 Å². The first-order chi connectivity index (χ1) is 15.1. The predicted octanol–water partition coefficient (Wildman–Crippen LogP) is 6.48. The highest BCUT2D eigenvalue weighted by atomic mass is 32.2. The minimum atomic E-state index is 0.00822. The highest BCUT2D eigenvalue weighted by Crippen LogP contribution is 2.32. The molecule has 0 aliphatic rings. The van der Waals surface area contributed by atoms with Crippen LogP contribution >= 0.6 is 11.8 Å². The van der Waals surface area contributed by atoms with Crippen molar-refractivity contribution in [3.8, 4) is 22.5 Å². The number of nitrogens with one attached hydrogen (secondary N) is 2. The van der Waals surface area contributed by atoms with Crippen molar-refractivity contribution < 1.29 is 4.79 Å². The molecule has 1 amide bonds. The maximum absolute atomic E-state index is 12.4. The summed E-state index contributed by atoms with van der Waals surface area (Å²) in [5.74, 6) is 0.654. The van der Waals surface area contributed by atoms with E-state index in [0.717, 1.165) is 33.4 Å². The zero-order valence-corrected chi connectivity index (χ0v) is 18.5. The topological polar surface area (TPSA) is 57.8 Å². The van der Waals surface area contributed by atoms with E-state index in [-0.39, 0.29) is 5.91 Å². The van der Waals surface area contributed by atoms with Crippen LogP contribution in [0.3, 0.4) is 0 Å². The molecule has 3 aromatic carbocycles. The monoisotopic (exact) mass is 427 g/mol. The number of aryl methyl sites for hydroxylation is 2. The van der Waals surface area contributed by atoms with Gasteiger partial charge in [0.1, 0.15) is 0 Å². The zero-order valence-electron chi connectivity index (χ0n) is 17.7. The molecule has 31 heavy (non-hydrogen) atoms. The number of aromatic amines is 1. The van der Waals surface area contributed by atoms with Gasteiger partial charge >= 0.3 is 0 Å². The number of carbonyl (C=O) groups is 1. The van der Waals surface area contributed by atoms with Gasteiger partial charge in [-0.1, -0.05) is 78.5 Å². The number of imidazole rings is 1. The molecule has 4 nitrogen and oxygen atoms in total. The molecule has 0 aliphatic carbocycles. The number of nitrogens with zero attached hydrogens (tertiary/aromatic N) is 1. The summed E-state index contributed by atoms with van der Waals surface area (Å²) in [5.41, 5.74) is 7.31. The number of thioether (sulfide) groups is 1. The van der Waals surface area contributed by atoms with Crippen LogP contribution in [0.4, 0.5) is 5.69 Å². The summed E-state index contributed by atoms with van der Waals surface area (Å²) >= 11 is 1.56. The molecular formula is C26H25N3OS. The predicted molar refractivity (Wildman–Crippen MR) is 129 cm³/mol. The summed E-state index contributed by atoms with van der Waals surface area (Å²) in [5, 5.41) is 3.80. The lowest BCUT2D eigenvalue weighted by Crippen LogP contribution is -2.12. The maximum Gasteiger partial charge on any atom is 0.225 e. The van der Waals surface area contributed by atoms with Crippen LogP contribution in [0.25, 0.3) is 22.5 Å². The van der Waals surface area contributed by atoms with Crippen molar-refractivity contribution in [2.24, 2.45) is 0 Å². The summed E-state index contributed by atoms with van der Waals surface area (Å²) in [4.78, 5) is 20.6. The summed E-state index contributed by atoms with van der Waals surface area (Å²) < 4.78 is 0. The number of anilines is 1. The molecule has 0 spiro atoms. The van der Waals surface area contributed by atoms with Crippen molar-refractivity contribution in [2.45, 2.75) is 25.4 Å². The Bertz CT molecular complexity index is 1110. The highest BCUT2D eigenvalue weighted by molar-refractivity contribution is 7.99. The van der Waals surface area contributed by atoms with Crippen LogP contribution in [0.1, 0.15) is 17.5 Å². The minimum Gasteiger partial charge on any atom is -0.332 e. The Hall–Kier alpha value is -3.31. The number of hydrogen-bond acceptors (Lipinski definition) is 3. The van der Waals surface area contributed by atoms with Gasteiger partial charge in [0.15, 0.2) is 5.16 Å². The van der Waals surface area contributed by atoms with Crippen LogP contribution in [-0.2, 0) is 4.79 Å². The van der Waals surface area contributed by atoms with Crippen molar-refractivity contribution in [1.82, 2.24) is 9.97 Å². The first kappa shape index (κ1) is 20.9. The van der Waals surface area contributed by atoms with Crippen LogP contribution in [0.5, 0.6) is 0 Å². The van der Waals surface area contributed by atoms with Gasteiger partial charge in [-0.2, -0.15) is 0 Å². The van der Waals surface area contributed by atoms with Crippen LogP contribution in [0, 0.1) is 13.8 Å². The Morgan fingerprint density at radius 2 is 1.58 bits per heavy atom. The number of H-pyrrole nitrogens is 1. The number of benzene rings is 3. The second-order valence-electron chi connectivity index (χ2n) is 7.44. The quantitative estimate of drug-likeness (QED) is 0.332. The van der Waals surface area contributed by atoms with Crippen molar-refractivity contribution in [1.29, 1.82) is 0 Å². The molecule has 0 unspecified atom stereocenters. The van der Waals surface area contributed by atoms with Gasteiger partial charge in [0.25, 0.3) is 0 Å². The van der Waals surface area contributed by atoms with E-state index in [0.29, 0.717) is 12.2 Å². The van der Waals surface area contributed by atoms with Crippen molar-refractivity contribution in [3.05, 3.63) is 90.0 Å². The highest BCUT2D eigenvalue weighted by Gasteiger charge is 2.14. The number of hydrogen-bond donors (Lipinski definition) is 2. The van der Waals surface area contributed by atoms with E-state index in [2.05, 4.69) is 41.5 Å². The van der Waals surface area contributed by atoms with E-state index >= 15 is 0 Å². The van der Waals surface area contributed by atoms with E-state index in [1.165, 1.54) is 11.1 Å². The van der Waals surface area contributed by atoms with Gasteiger partial charge in [0, 0.05) is 29.0 Å². The lowest BCUT2D eigenvalue weighted by Gasteiger charge is -2.07. The smallest absolute Gasteiger partial charge is 0.225 e. The average molecular weight is 428 g/mol. The number of carbonyl (C=O) groups excluding carboxylic acids is 1. The van der Waals surface area contributed by atoms with Crippen LogP contribution < -0.4 is 5.32 Å². The number of rotatable bonds is 7. The van der Waals surface area contributed by atoms with Crippen molar-refractivity contribution in [3.63, 3.8) is 0 Å². The van der Waals surface area contributed by atoms with E-state index in [9.17, 15) is 4.79 Å². The van der Waals surface area contributed by atoms with Gasteiger partial charge in [-0.15, -0.1) is 0 Å². The fraction of sp³-hybridized carbons (Fsp3) is 0.154. The molecule has 0 saturated heterocycles. The molecule has 0 aliphatic heterocycles. The van der Waals surface area contributed by atoms with Crippen LogP contribution in [-0.4, -0.2) is 21.6 Å². The Morgan fingerprint density at radius 3 is 2.26 bits per heavy atom. The van der Waals surface area contributed by atoms with Crippen LogP contribution in [0.15, 0.2) is 84.0 Å². The van der Waals surface area contributed by atoms with Gasteiger partial charge < -0.3 is 10.3 Å². The third-order valence-corrected chi connectivity index (χ3v) is 6.03. The van der Waals surface area contributed by atoms with E-state index < -0.39 is 0 Å². The Labute approximate surface area is 187 Å². The molecule has 0 bridgehead atoms. The second kappa shape index (κ2) is 9.67. The Balaban J connectivity index is 1.44. The van der Waals surface area contributed by atoms with Gasteiger partial charge in [0.05, 0.1) is 11.4 Å². The van der Waals surface area contributed by atoms with Gasteiger partial charge in [0.2, 0.25) is 5.91 Å². The summed E-state index contributed by atoms with van der Waals surface area (Å²) in [6, 6.07) is 26.3. The van der Waals surface area contributed by atoms with Gasteiger partial charge in [-0.25, -0.2) is 4.98 Å². The molecule has 5 heteroatoms. The van der Waals surface area contributed by atoms with Crippen molar-refractivity contribution >= 4 is 23.4 Å². The molecule has 2 N–H and O–H groups in total. The summed E-state index contributed by atoms with van der Waals surface area (Å²) in [7, 11) is 0. The third-order valence-electron chi connectivity index (χ3n) is 5.15. The SMILES string of the molecule is Cc1ccc(NC(=O)CCSc2nc(-c3ccccc3)c(-c3ccccc3)[nH]2)cc1C. The Kier molecular flexibility index (Phi) is 6.53. The fourth-order valence-corrected chi connectivity index (χ4v) is 4.13. The standard InChI is InChI=1S/C26H25N3OS/c1-18-13-14-22(17-19(18)2)27-23(30)15-16-31-26-28-24(20-9-5-3-6-10-20)25(29-26)21-11-7-4-8-12-21/h3-14,17H,15-16H2,1-2H3,(H,27,30)(H,28,29). The molecular weight excluding hydrogens is 402 g/mol.